The highest BCUT2D eigenvalue weighted by molar-refractivity contribution is 6.33. The van der Waals surface area contributed by atoms with Crippen molar-refractivity contribution >= 4 is 29.0 Å². The molecule has 2 aromatic rings. The van der Waals surface area contributed by atoms with Gasteiger partial charge in [0.25, 0.3) is 5.91 Å². The molecule has 0 spiro atoms. The van der Waals surface area contributed by atoms with E-state index in [-0.39, 0.29) is 28.7 Å². The Morgan fingerprint density at radius 1 is 1.15 bits per heavy atom. The molecule has 0 bridgehead atoms. The molecule has 0 aliphatic carbocycles. The lowest BCUT2D eigenvalue weighted by molar-refractivity contribution is -0.137. The standard InChI is InChI=1S/C18H15ClF3NO3/c1-2-15(24)12-5-3-4-6-16(12)26-10-17(25)23-14-9-11(18(20,21)22)7-8-13(14)19/h3-9H,2,10H2,1H3,(H,23,25). The first-order valence-corrected chi connectivity index (χ1v) is 8.01. The summed E-state index contributed by atoms with van der Waals surface area (Å²) in [5.41, 5.74) is -0.773. The highest BCUT2D eigenvalue weighted by atomic mass is 35.5. The second-order valence-electron chi connectivity index (χ2n) is 5.30. The minimum absolute atomic E-state index is 0.0343. The van der Waals surface area contributed by atoms with Crippen LogP contribution < -0.4 is 10.1 Å². The van der Waals surface area contributed by atoms with Gasteiger partial charge in [-0.15, -0.1) is 0 Å². The van der Waals surface area contributed by atoms with Crippen LogP contribution in [0.15, 0.2) is 42.5 Å². The van der Waals surface area contributed by atoms with Crippen LogP contribution in [0.2, 0.25) is 5.02 Å². The highest BCUT2D eigenvalue weighted by Gasteiger charge is 2.31. The number of hydrogen-bond acceptors (Lipinski definition) is 3. The molecule has 138 valence electrons. The summed E-state index contributed by atoms with van der Waals surface area (Å²) in [6.45, 7) is 1.21. The molecular weight excluding hydrogens is 371 g/mol. The predicted molar refractivity (Wildman–Crippen MR) is 91.6 cm³/mol. The molecular formula is C18H15ClF3NO3. The largest absolute Gasteiger partial charge is 0.483 e. The number of carbonyl (C=O) groups excluding carboxylic acids is 2. The summed E-state index contributed by atoms with van der Waals surface area (Å²) in [5, 5.41) is 2.24. The summed E-state index contributed by atoms with van der Waals surface area (Å²) in [6.07, 6.45) is -4.29. The number of ketones is 1. The number of rotatable bonds is 6. The number of ether oxygens (including phenoxy) is 1. The molecule has 2 aromatic carbocycles. The zero-order valence-electron chi connectivity index (χ0n) is 13.7. The Morgan fingerprint density at radius 2 is 1.85 bits per heavy atom. The molecule has 0 aliphatic rings. The van der Waals surface area contributed by atoms with Gasteiger partial charge in [0.1, 0.15) is 5.75 Å². The summed E-state index contributed by atoms with van der Waals surface area (Å²) < 4.78 is 43.6. The molecule has 0 saturated carbocycles. The van der Waals surface area contributed by atoms with Crippen molar-refractivity contribution in [1.82, 2.24) is 0 Å². The molecule has 0 aromatic heterocycles. The van der Waals surface area contributed by atoms with Gasteiger partial charge in [-0.25, -0.2) is 0 Å². The van der Waals surface area contributed by atoms with Crippen molar-refractivity contribution in [2.75, 3.05) is 11.9 Å². The number of hydrogen-bond donors (Lipinski definition) is 1. The molecule has 4 nitrogen and oxygen atoms in total. The molecule has 1 N–H and O–H groups in total. The molecule has 2 rings (SSSR count). The number of nitrogens with one attached hydrogen (secondary N) is 1. The van der Waals surface area contributed by atoms with E-state index in [1.54, 1.807) is 25.1 Å². The molecule has 1 amide bonds. The van der Waals surface area contributed by atoms with E-state index in [9.17, 15) is 22.8 Å². The Labute approximate surface area is 152 Å². The van der Waals surface area contributed by atoms with Crippen LogP contribution in [0.4, 0.5) is 18.9 Å². The summed E-state index contributed by atoms with van der Waals surface area (Å²) in [4.78, 5) is 23.8. The first kappa shape index (κ1) is 19.8. The van der Waals surface area contributed by atoms with Gasteiger partial charge in [-0.2, -0.15) is 13.2 Å². The number of amides is 1. The normalized spacial score (nSPS) is 11.1. The van der Waals surface area contributed by atoms with E-state index in [0.29, 0.717) is 5.56 Å². The Hall–Kier alpha value is -2.54. The maximum Gasteiger partial charge on any atom is 0.416 e. The van der Waals surface area contributed by atoms with Crippen molar-refractivity contribution in [2.24, 2.45) is 0 Å². The average molecular weight is 386 g/mol. The van der Waals surface area contributed by atoms with Gasteiger partial charge in [0.15, 0.2) is 12.4 Å². The van der Waals surface area contributed by atoms with Gasteiger partial charge >= 0.3 is 6.18 Å². The number of Topliss-reactive ketones (excluding diaryl/α,β-unsaturated/α-hetero) is 1. The summed E-state index contributed by atoms with van der Waals surface area (Å²) in [5.74, 6) is -0.628. The summed E-state index contributed by atoms with van der Waals surface area (Å²) in [7, 11) is 0. The van der Waals surface area contributed by atoms with Crippen molar-refractivity contribution < 1.29 is 27.5 Å². The number of benzene rings is 2. The highest BCUT2D eigenvalue weighted by Crippen LogP contribution is 2.33. The number of halogens is 4. The minimum Gasteiger partial charge on any atom is -0.483 e. The van der Waals surface area contributed by atoms with Crippen LogP contribution in [0.3, 0.4) is 0 Å². The van der Waals surface area contributed by atoms with Crippen LogP contribution in [0.25, 0.3) is 0 Å². The van der Waals surface area contributed by atoms with Gasteiger partial charge in [0, 0.05) is 6.42 Å². The minimum atomic E-state index is -4.56. The average Bonchev–Trinajstić information content (AvgIpc) is 2.60. The van der Waals surface area contributed by atoms with Gasteiger partial charge in [0.05, 0.1) is 21.8 Å². The van der Waals surface area contributed by atoms with E-state index in [0.717, 1.165) is 18.2 Å². The fourth-order valence-electron chi connectivity index (χ4n) is 2.14. The number of alkyl halides is 3. The van der Waals surface area contributed by atoms with Crippen LogP contribution in [0, 0.1) is 0 Å². The zero-order valence-corrected chi connectivity index (χ0v) is 14.4. The van der Waals surface area contributed by atoms with Crippen LogP contribution in [-0.2, 0) is 11.0 Å². The third-order valence-electron chi connectivity index (χ3n) is 3.44. The van der Waals surface area contributed by atoms with Crippen LogP contribution in [0.5, 0.6) is 5.75 Å². The molecule has 0 atom stereocenters. The Bertz CT molecular complexity index is 822. The third-order valence-corrected chi connectivity index (χ3v) is 3.76. The van der Waals surface area contributed by atoms with Gasteiger partial charge < -0.3 is 10.1 Å². The maximum atomic E-state index is 12.7. The van der Waals surface area contributed by atoms with Gasteiger partial charge in [-0.05, 0) is 30.3 Å². The molecule has 0 fully saturated rings. The van der Waals surface area contributed by atoms with E-state index in [2.05, 4.69) is 5.32 Å². The number of carbonyl (C=O) groups is 2. The van der Waals surface area contributed by atoms with Crippen LogP contribution in [-0.4, -0.2) is 18.3 Å². The van der Waals surface area contributed by atoms with Gasteiger partial charge in [-0.3, -0.25) is 9.59 Å². The van der Waals surface area contributed by atoms with Crippen LogP contribution >= 0.6 is 11.6 Å². The fourth-order valence-corrected chi connectivity index (χ4v) is 2.31. The van der Waals surface area contributed by atoms with E-state index in [1.165, 1.54) is 6.07 Å². The number of para-hydroxylation sites is 1. The van der Waals surface area contributed by atoms with E-state index in [4.69, 9.17) is 16.3 Å². The van der Waals surface area contributed by atoms with E-state index < -0.39 is 24.3 Å². The molecule has 8 heteroatoms. The molecule has 0 saturated heterocycles. The Morgan fingerprint density at radius 3 is 2.50 bits per heavy atom. The fraction of sp³-hybridized carbons (Fsp3) is 0.222. The van der Waals surface area contributed by atoms with Crippen molar-refractivity contribution in [3.05, 3.63) is 58.6 Å². The van der Waals surface area contributed by atoms with Crippen molar-refractivity contribution in [3.8, 4) is 5.75 Å². The lowest BCUT2D eigenvalue weighted by Gasteiger charge is -2.13. The predicted octanol–water partition coefficient (Wildman–Crippen LogP) is 4.97. The van der Waals surface area contributed by atoms with Crippen LogP contribution in [0.1, 0.15) is 29.3 Å². The maximum absolute atomic E-state index is 12.7. The molecule has 26 heavy (non-hydrogen) atoms. The second kappa shape index (κ2) is 8.23. The second-order valence-corrected chi connectivity index (χ2v) is 5.71. The van der Waals surface area contributed by atoms with E-state index in [1.807, 2.05) is 0 Å². The summed E-state index contributed by atoms with van der Waals surface area (Å²) >= 11 is 5.83. The Balaban J connectivity index is 2.08. The first-order chi connectivity index (χ1) is 12.2. The third kappa shape index (κ3) is 4.98. The zero-order chi connectivity index (χ0) is 19.3. The monoisotopic (exact) mass is 385 g/mol. The van der Waals surface area contributed by atoms with E-state index >= 15 is 0 Å². The molecule has 0 aliphatic heterocycles. The molecule has 0 unspecified atom stereocenters. The molecule has 0 radical (unpaired) electrons. The Kier molecular flexibility index (Phi) is 6.26. The van der Waals surface area contributed by atoms with Gasteiger partial charge in [-0.1, -0.05) is 30.7 Å². The van der Waals surface area contributed by atoms with Crippen molar-refractivity contribution in [2.45, 2.75) is 19.5 Å². The SMILES string of the molecule is CCC(=O)c1ccccc1OCC(=O)Nc1cc(C(F)(F)F)ccc1Cl. The van der Waals surface area contributed by atoms with Gasteiger partial charge in [0.2, 0.25) is 0 Å². The number of anilines is 1. The van der Waals surface area contributed by atoms with Crippen molar-refractivity contribution in [3.63, 3.8) is 0 Å². The lowest BCUT2D eigenvalue weighted by atomic mass is 10.1. The topological polar surface area (TPSA) is 55.4 Å². The summed E-state index contributed by atoms with van der Waals surface area (Å²) in [6, 6.07) is 9.03. The smallest absolute Gasteiger partial charge is 0.416 e. The first-order valence-electron chi connectivity index (χ1n) is 7.64. The van der Waals surface area contributed by atoms with Crippen molar-refractivity contribution in [1.29, 1.82) is 0 Å². The lowest BCUT2D eigenvalue weighted by Crippen LogP contribution is -2.21. The quantitative estimate of drug-likeness (QED) is 0.714. The molecule has 0 heterocycles.